The Balaban J connectivity index is 1.84. The Labute approximate surface area is 141 Å². The molecular formula is C16H11ClN2O3S. The van der Waals surface area contributed by atoms with Crippen LogP contribution in [0.4, 0.5) is 5.00 Å². The van der Waals surface area contributed by atoms with E-state index in [9.17, 15) is 9.59 Å². The van der Waals surface area contributed by atoms with Crippen molar-refractivity contribution in [3.63, 3.8) is 0 Å². The second-order valence-corrected chi connectivity index (χ2v) is 5.61. The molecule has 0 atom stereocenters. The number of thiophene rings is 1. The van der Waals surface area contributed by atoms with Crippen LogP contribution < -0.4 is 5.32 Å². The summed E-state index contributed by atoms with van der Waals surface area (Å²) in [6.45, 7) is -0.436. The van der Waals surface area contributed by atoms with Crippen molar-refractivity contribution < 1.29 is 14.3 Å². The van der Waals surface area contributed by atoms with Crippen molar-refractivity contribution in [3.05, 3.63) is 57.9 Å². The van der Waals surface area contributed by atoms with Crippen molar-refractivity contribution in [3.8, 4) is 6.07 Å². The molecule has 0 aliphatic heterocycles. The van der Waals surface area contributed by atoms with Crippen LogP contribution in [0.3, 0.4) is 0 Å². The maximum Gasteiger partial charge on any atom is 0.331 e. The molecule has 0 spiro atoms. The van der Waals surface area contributed by atoms with Crippen molar-refractivity contribution in [2.75, 3.05) is 11.9 Å². The van der Waals surface area contributed by atoms with Crippen molar-refractivity contribution in [1.82, 2.24) is 0 Å². The first-order chi connectivity index (χ1) is 11.1. The van der Waals surface area contributed by atoms with Gasteiger partial charge in [-0.05, 0) is 29.2 Å². The van der Waals surface area contributed by atoms with Crippen LogP contribution in [-0.4, -0.2) is 18.5 Å². The highest BCUT2D eigenvalue weighted by atomic mass is 35.5. The average Bonchev–Trinajstić information content (AvgIpc) is 2.99. The Morgan fingerprint density at radius 2 is 2.13 bits per heavy atom. The maximum absolute atomic E-state index is 11.7. The molecule has 0 saturated heterocycles. The third-order valence-corrected chi connectivity index (χ3v) is 3.86. The lowest BCUT2D eigenvalue weighted by Gasteiger charge is -2.03. The summed E-state index contributed by atoms with van der Waals surface area (Å²) >= 11 is 7.17. The van der Waals surface area contributed by atoms with E-state index in [1.165, 1.54) is 23.5 Å². The predicted octanol–water partition coefficient (Wildman–Crippen LogP) is 3.47. The number of halogens is 1. The quantitative estimate of drug-likeness (QED) is 0.664. The number of hydrogen-bond acceptors (Lipinski definition) is 5. The van der Waals surface area contributed by atoms with Gasteiger partial charge in [-0.15, -0.1) is 11.3 Å². The minimum absolute atomic E-state index is 0.369. The van der Waals surface area contributed by atoms with Crippen LogP contribution in [0, 0.1) is 11.3 Å². The molecule has 5 nitrogen and oxygen atoms in total. The number of rotatable bonds is 5. The topological polar surface area (TPSA) is 79.2 Å². The standard InChI is InChI=1S/C16H11ClN2O3S/c17-13-4-2-1-3-11(13)5-6-15(21)22-10-14(20)19-16-12(9-18)7-8-23-16/h1-8H,10H2,(H,19,20)/b6-5+. The zero-order valence-corrected chi connectivity index (χ0v) is 13.4. The maximum atomic E-state index is 11.7. The third-order valence-electron chi connectivity index (χ3n) is 2.69. The molecule has 0 aliphatic carbocycles. The predicted molar refractivity (Wildman–Crippen MR) is 89.1 cm³/mol. The van der Waals surface area contributed by atoms with Crippen molar-refractivity contribution in [1.29, 1.82) is 5.26 Å². The Morgan fingerprint density at radius 1 is 1.35 bits per heavy atom. The number of ether oxygens (including phenoxy) is 1. The SMILES string of the molecule is N#Cc1ccsc1NC(=O)COC(=O)/C=C/c1ccccc1Cl. The Kier molecular flexibility index (Phi) is 5.92. The van der Waals surface area contributed by atoms with Gasteiger partial charge in [0.25, 0.3) is 5.91 Å². The normalized spacial score (nSPS) is 10.3. The second-order valence-electron chi connectivity index (χ2n) is 4.29. The Morgan fingerprint density at radius 3 is 2.87 bits per heavy atom. The van der Waals surface area contributed by atoms with Crippen LogP contribution in [0.15, 0.2) is 41.8 Å². The van der Waals surface area contributed by atoms with E-state index >= 15 is 0 Å². The highest BCUT2D eigenvalue weighted by molar-refractivity contribution is 7.14. The van der Waals surface area contributed by atoms with Gasteiger partial charge in [0.2, 0.25) is 0 Å². The highest BCUT2D eigenvalue weighted by Crippen LogP contribution is 2.21. The molecule has 2 rings (SSSR count). The van der Waals surface area contributed by atoms with Gasteiger partial charge in [0.15, 0.2) is 6.61 Å². The number of esters is 1. The molecular weight excluding hydrogens is 336 g/mol. The van der Waals surface area contributed by atoms with Gasteiger partial charge < -0.3 is 10.1 Å². The van der Waals surface area contributed by atoms with Crippen molar-refractivity contribution in [2.24, 2.45) is 0 Å². The molecule has 23 heavy (non-hydrogen) atoms. The van der Waals surface area contributed by atoms with Gasteiger partial charge in [-0.2, -0.15) is 5.26 Å². The van der Waals surface area contributed by atoms with Gasteiger partial charge in [0.1, 0.15) is 11.1 Å². The molecule has 0 aliphatic rings. The van der Waals surface area contributed by atoms with Crippen LogP contribution in [0.5, 0.6) is 0 Å². The number of nitrogens with zero attached hydrogens (tertiary/aromatic N) is 1. The van der Waals surface area contributed by atoms with E-state index in [1.807, 2.05) is 6.07 Å². The number of amides is 1. The number of nitriles is 1. The lowest BCUT2D eigenvalue weighted by atomic mass is 10.2. The number of nitrogens with one attached hydrogen (secondary N) is 1. The third kappa shape index (κ3) is 4.95. The van der Waals surface area contributed by atoms with Crippen LogP contribution in [0.25, 0.3) is 6.08 Å². The summed E-state index contributed by atoms with van der Waals surface area (Å²) in [5, 5.41) is 14.0. The first kappa shape index (κ1) is 16.7. The summed E-state index contributed by atoms with van der Waals surface area (Å²) in [6.07, 6.45) is 2.70. The van der Waals surface area contributed by atoms with Crippen LogP contribution >= 0.6 is 22.9 Å². The summed E-state index contributed by atoms with van der Waals surface area (Å²) in [7, 11) is 0. The molecule has 1 aromatic heterocycles. The fourth-order valence-electron chi connectivity index (χ4n) is 1.61. The largest absolute Gasteiger partial charge is 0.452 e. The molecule has 1 aromatic carbocycles. The molecule has 1 amide bonds. The van der Waals surface area contributed by atoms with E-state index in [1.54, 1.807) is 35.7 Å². The molecule has 0 bridgehead atoms. The van der Waals surface area contributed by atoms with Crippen LogP contribution in [0.2, 0.25) is 5.02 Å². The minimum atomic E-state index is -0.660. The van der Waals surface area contributed by atoms with Gasteiger partial charge >= 0.3 is 5.97 Å². The van der Waals surface area contributed by atoms with E-state index in [2.05, 4.69) is 5.32 Å². The zero-order valence-electron chi connectivity index (χ0n) is 11.8. The first-order valence-electron chi connectivity index (χ1n) is 6.47. The van der Waals surface area contributed by atoms with Crippen LogP contribution in [-0.2, 0) is 14.3 Å². The van der Waals surface area contributed by atoms with E-state index in [-0.39, 0.29) is 0 Å². The summed E-state index contributed by atoms with van der Waals surface area (Å²) in [5.74, 6) is -1.17. The smallest absolute Gasteiger partial charge is 0.331 e. The second kappa shape index (κ2) is 8.13. The molecule has 0 unspecified atom stereocenters. The fraction of sp³-hybridized carbons (Fsp3) is 0.0625. The molecule has 0 fully saturated rings. The molecule has 0 radical (unpaired) electrons. The molecule has 2 aromatic rings. The average molecular weight is 347 g/mol. The number of hydrogen-bond donors (Lipinski definition) is 1. The van der Waals surface area contributed by atoms with E-state index in [0.29, 0.717) is 21.2 Å². The Bertz CT molecular complexity index is 793. The fourth-order valence-corrected chi connectivity index (χ4v) is 2.56. The molecule has 7 heteroatoms. The molecule has 116 valence electrons. The Hall–Kier alpha value is -2.62. The summed E-state index contributed by atoms with van der Waals surface area (Å²) in [6, 6.07) is 10.6. The van der Waals surface area contributed by atoms with Crippen molar-refractivity contribution >= 4 is 45.9 Å². The van der Waals surface area contributed by atoms with Gasteiger partial charge in [0, 0.05) is 11.1 Å². The van der Waals surface area contributed by atoms with Gasteiger partial charge in [-0.3, -0.25) is 4.79 Å². The number of benzene rings is 1. The molecule has 1 heterocycles. The first-order valence-corrected chi connectivity index (χ1v) is 7.72. The number of carbonyl (C=O) groups is 2. The van der Waals surface area contributed by atoms with Crippen molar-refractivity contribution in [2.45, 2.75) is 0 Å². The number of anilines is 1. The van der Waals surface area contributed by atoms with E-state index in [0.717, 1.165) is 0 Å². The van der Waals surface area contributed by atoms with Gasteiger partial charge in [0.05, 0.1) is 5.56 Å². The lowest BCUT2D eigenvalue weighted by molar-refractivity contribution is -0.142. The number of carbonyl (C=O) groups excluding carboxylic acids is 2. The lowest BCUT2D eigenvalue weighted by Crippen LogP contribution is -2.20. The zero-order chi connectivity index (χ0) is 16.7. The molecule has 1 N–H and O–H groups in total. The van der Waals surface area contributed by atoms with E-state index in [4.69, 9.17) is 21.6 Å². The summed E-state index contributed by atoms with van der Waals surface area (Å²) in [5.41, 5.74) is 1.04. The minimum Gasteiger partial charge on any atom is -0.452 e. The summed E-state index contributed by atoms with van der Waals surface area (Å²) < 4.78 is 4.83. The molecule has 0 saturated carbocycles. The monoisotopic (exact) mass is 346 g/mol. The summed E-state index contributed by atoms with van der Waals surface area (Å²) in [4.78, 5) is 23.3. The highest BCUT2D eigenvalue weighted by Gasteiger charge is 2.09. The van der Waals surface area contributed by atoms with Crippen LogP contribution in [0.1, 0.15) is 11.1 Å². The van der Waals surface area contributed by atoms with Gasteiger partial charge in [-0.1, -0.05) is 29.8 Å². The van der Waals surface area contributed by atoms with Gasteiger partial charge in [-0.25, -0.2) is 4.79 Å². The van der Waals surface area contributed by atoms with E-state index < -0.39 is 18.5 Å².